The first-order valence-electron chi connectivity index (χ1n) is 7.32. The SMILES string of the molecule is NCC1(C2CCCN2Cc2ccccc2)CCC1. The van der Waals surface area contributed by atoms with Crippen LogP contribution in [0.5, 0.6) is 0 Å². The van der Waals surface area contributed by atoms with Gasteiger partial charge in [-0.15, -0.1) is 0 Å². The Balaban J connectivity index is 1.72. The Bertz CT molecular complexity index is 378. The molecule has 1 heterocycles. The second-order valence-electron chi connectivity index (χ2n) is 6.03. The molecule has 0 amide bonds. The summed E-state index contributed by atoms with van der Waals surface area (Å²) in [5.41, 5.74) is 7.97. The molecule has 3 rings (SSSR count). The summed E-state index contributed by atoms with van der Waals surface area (Å²) >= 11 is 0. The summed E-state index contributed by atoms with van der Waals surface area (Å²) in [5, 5.41) is 0. The van der Waals surface area contributed by atoms with Crippen LogP contribution in [0.1, 0.15) is 37.7 Å². The van der Waals surface area contributed by atoms with Gasteiger partial charge >= 0.3 is 0 Å². The smallest absolute Gasteiger partial charge is 0.0236 e. The van der Waals surface area contributed by atoms with E-state index in [0.29, 0.717) is 5.41 Å². The van der Waals surface area contributed by atoms with Crippen LogP contribution in [0.2, 0.25) is 0 Å². The third-order valence-electron chi connectivity index (χ3n) is 5.05. The Morgan fingerprint density at radius 2 is 1.94 bits per heavy atom. The molecule has 18 heavy (non-hydrogen) atoms. The number of nitrogens with two attached hydrogens (primary N) is 1. The van der Waals surface area contributed by atoms with Gasteiger partial charge in [-0.3, -0.25) is 4.90 Å². The van der Waals surface area contributed by atoms with E-state index in [4.69, 9.17) is 5.73 Å². The lowest BCUT2D eigenvalue weighted by molar-refractivity contribution is 0.0242. The Labute approximate surface area is 110 Å². The second-order valence-corrected chi connectivity index (χ2v) is 6.03. The fourth-order valence-corrected chi connectivity index (χ4v) is 3.83. The van der Waals surface area contributed by atoms with Crippen LogP contribution in [0.15, 0.2) is 30.3 Å². The van der Waals surface area contributed by atoms with Crippen molar-refractivity contribution in [3.05, 3.63) is 35.9 Å². The molecule has 0 aromatic heterocycles. The lowest BCUT2D eigenvalue weighted by atomic mass is 9.63. The number of hydrogen-bond acceptors (Lipinski definition) is 2. The molecule has 2 heteroatoms. The van der Waals surface area contributed by atoms with Crippen LogP contribution in [0.4, 0.5) is 0 Å². The van der Waals surface area contributed by atoms with Crippen molar-refractivity contribution < 1.29 is 0 Å². The first-order valence-corrected chi connectivity index (χ1v) is 7.32. The van der Waals surface area contributed by atoms with Crippen molar-refractivity contribution in [1.29, 1.82) is 0 Å². The third kappa shape index (κ3) is 2.08. The van der Waals surface area contributed by atoms with Crippen LogP contribution in [-0.2, 0) is 6.54 Å². The maximum atomic E-state index is 6.08. The molecule has 2 fully saturated rings. The molecule has 1 atom stereocenters. The van der Waals surface area contributed by atoms with Crippen LogP contribution in [0, 0.1) is 5.41 Å². The first kappa shape index (κ1) is 12.2. The third-order valence-corrected chi connectivity index (χ3v) is 5.05. The average molecular weight is 244 g/mol. The van der Waals surface area contributed by atoms with Crippen LogP contribution < -0.4 is 5.73 Å². The lowest BCUT2D eigenvalue weighted by Crippen LogP contribution is -2.52. The predicted molar refractivity (Wildman–Crippen MR) is 75.2 cm³/mol. The van der Waals surface area contributed by atoms with E-state index in [1.54, 1.807) is 0 Å². The van der Waals surface area contributed by atoms with E-state index in [1.165, 1.54) is 44.2 Å². The minimum Gasteiger partial charge on any atom is -0.330 e. The van der Waals surface area contributed by atoms with Crippen LogP contribution >= 0.6 is 0 Å². The van der Waals surface area contributed by atoms with Crippen molar-refractivity contribution in [2.45, 2.75) is 44.7 Å². The quantitative estimate of drug-likeness (QED) is 0.882. The van der Waals surface area contributed by atoms with Gasteiger partial charge in [0.05, 0.1) is 0 Å². The van der Waals surface area contributed by atoms with E-state index in [0.717, 1.165) is 19.1 Å². The van der Waals surface area contributed by atoms with E-state index >= 15 is 0 Å². The summed E-state index contributed by atoms with van der Waals surface area (Å²) in [4.78, 5) is 2.68. The summed E-state index contributed by atoms with van der Waals surface area (Å²) in [6.07, 6.45) is 6.77. The molecule has 1 aromatic carbocycles. The molecule has 1 aliphatic carbocycles. The van der Waals surface area contributed by atoms with Gasteiger partial charge in [-0.1, -0.05) is 36.8 Å². The predicted octanol–water partition coefficient (Wildman–Crippen LogP) is 2.78. The molecule has 98 valence electrons. The van der Waals surface area contributed by atoms with Gasteiger partial charge in [0.1, 0.15) is 0 Å². The summed E-state index contributed by atoms with van der Waals surface area (Å²) in [7, 11) is 0. The topological polar surface area (TPSA) is 29.3 Å². The van der Waals surface area contributed by atoms with Crippen LogP contribution in [0.25, 0.3) is 0 Å². The Kier molecular flexibility index (Phi) is 3.40. The molecule has 1 aromatic rings. The van der Waals surface area contributed by atoms with Gasteiger partial charge in [0, 0.05) is 12.6 Å². The highest BCUT2D eigenvalue weighted by Gasteiger charge is 2.46. The summed E-state index contributed by atoms with van der Waals surface area (Å²) in [6.45, 7) is 3.23. The van der Waals surface area contributed by atoms with E-state index in [9.17, 15) is 0 Å². The van der Waals surface area contributed by atoms with Gasteiger partial charge in [-0.05, 0) is 49.8 Å². The zero-order valence-electron chi connectivity index (χ0n) is 11.1. The summed E-state index contributed by atoms with van der Waals surface area (Å²) < 4.78 is 0. The molecular formula is C16H24N2. The van der Waals surface area contributed by atoms with E-state index in [1.807, 2.05) is 0 Å². The molecule has 2 aliphatic rings. The number of nitrogens with zero attached hydrogens (tertiary/aromatic N) is 1. The molecule has 2 N–H and O–H groups in total. The summed E-state index contributed by atoms with van der Waals surface area (Å²) in [5.74, 6) is 0. The van der Waals surface area contributed by atoms with Gasteiger partial charge < -0.3 is 5.73 Å². The number of rotatable bonds is 4. The highest BCUT2D eigenvalue weighted by Crippen LogP contribution is 2.48. The molecule has 1 saturated carbocycles. The highest BCUT2D eigenvalue weighted by atomic mass is 15.2. The van der Waals surface area contributed by atoms with E-state index in [-0.39, 0.29) is 0 Å². The normalized spacial score (nSPS) is 27.1. The number of hydrogen-bond donors (Lipinski definition) is 1. The molecule has 0 spiro atoms. The lowest BCUT2D eigenvalue weighted by Gasteiger charge is -2.49. The van der Waals surface area contributed by atoms with Gasteiger partial charge in [-0.2, -0.15) is 0 Å². The summed E-state index contributed by atoms with van der Waals surface area (Å²) in [6, 6.07) is 11.6. The fourth-order valence-electron chi connectivity index (χ4n) is 3.83. The zero-order valence-corrected chi connectivity index (χ0v) is 11.1. The first-order chi connectivity index (χ1) is 8.84. The van der Waals surface area contributed by atoms with E-state index in [2.05, 4.69) is 35.2 Å². The Morgan fingerprint density at radius 1 is 1.17 bits per heavy atom. The molecule has 1 saturated heterocycles. The molecule has 0 radical (unpaired) electrons. The zero-order chi connectivity index (χ0) is 12.4. The number of likely N-dealkylation sites (tertiary alicyclic amines) is 1. The average Bonchev–Trinajstić information content (AvgIpc) is 2.79. The van der Waals surface area contributed by atoms with Crippen molar-refractivity contribution in [3.8, 4) is 0 Å². The largest absolute Gasteiger partial charge is 0.330 e. The fraction of sp³-hybridized carbons (Fsp3) is 0.625. The maximum Gasteiger partial charge on any atom is 0.0236 e. The van der Waals surface area contributed by atoms with Crippen LogP contribution in [0.3, 0.4) is 0 Å². The Hall–Kier alpha value is -0.860. The van der Waals surface area contributed by atoms with E-state index < -0.39 is 0 Å². The molecule has 1 unspecified atom stereocenters. The van der Waals surface area contributed by atoms with Gasteiger partial charge in [0.15, 0.2) is 0 Å². The van der Waals surface area contributed by atoms with Crippen LogP contribution in [-0.4, -0.2) is 24.0 Å². The van der Waals surface area contributed by atoms with Crippen molar-refractivity contribution in [2.24, 2.45) is 11.1 Å². The van der Waals surface area contributed by atoms with Crippen molar-refractivity contribution in [3.63, 3.8) is 0 Å². The molecule has 0 bridgehead atoms. The second kappa shape index (κ2) is 5.02. The maximum absolute atomic E-state index is 6.08. The van der Waals surface area contributed by atoms with Gasteiger partial charge in [0.25, 0.3) is 0 Å². The molecular weight excluding hydrogens is 220 g/mol. The monoisotopic (exact) mass is 244 g/mol. The minimum atomic E-state index is 0.450. The van der Waals surface area contributed by atoms with Gasteiger partial charge in [-0.25, -0.2) is 0 Å². The minimum absolute atomic E-state index is 0.450. The van der Waals surface area contributed by atoms with Crippen molar-refractivity contribution in [1.82, 2.24) is 4.90 Å². The van der Waals surface area contributed by atoms with Gasteiger partial charge in [0.2, 0.25) is 0 Å². The standard InChI is InChI=1S/C16H24N2/c17-13-16(9-5-10-16)15-8-4-11-18(15)12-14-6-2-1-3-7-14/h1-3,6-7,15H,4-5,8-13,17H2. The van der Waals surface area contributed by atoms with Crippen molar-refractivity contribution in [2.75, 3.05) is 13.1 Å². The molecule has 2 nitrogen and oxygen atoms in total. The highest BCUT2D eigenvalue weighted by molar-refractivity contribution is 5.15. The Morgan fingerprint density at radius 3 is 2.56 bits per heavy atom. The molecule has 1 aliphatic heterocycles. The number of benzene rings is 1. The van der Waals surface area contributed by atoms with Crippen molar-refractivity contribution >= 4 is 0 Å².